The van der Waals surface area contributed by atoms with Crippen LogP contribution in [0.2, 0.25) is 0 Å². The highest BCUT2D eigenvalue weighted by Gasteiger charge is 2.10. The number of hydrogen-bond donors (Lipinski definition) is 2. The van der Waals surface area contributed by atoms with E-state index in [2.05, 4.69) is 5.32 Å². The normalized spacial score (nSPS) is 11.6. The maximum absolute atomic E-state index is 13.1. The van der Waals surface area contributed by atoms with E-state index in [-0.39, 0.29) is 18.3 Å². The molecule has 5 nitrogen and oxygen atoms in total. The summed E-state index contributed by atoms with van der Waals surface area (Å²) in [5.74, 6) is 0.996. The number of amides is 1. The highest BCUT2D eigenvalue weighted by atomic mass is 19.1. The highest BCUT2D eigenvalue weighted by molar-refractivity contribution is 5.91. The van der Waals surface area contributed by atoms with Gasteiger partial charge >= 0.3 is 0 Å². The molecule has 6 heteroatoms. The van der Waals surface area contributed by atoms with Crippen LogP contribution < -0.4 is 19.7 Å². The van der Waals surface area contributed by atoms with Gasteiger partial charge in [0.15, 0.2) is 6.54 Å². The molecular weight excluding hydrogens is 311 g/mol. The van der Waals surface area contributed by atoms with Crippen molar-refractivity contribution in [2.24, 2.45) is 0 Å². The molecule has 24 heavy (non-hydrogen) atoms. The number of anilines is 1. The number of carbonyl (C=O) groups is 1. The second kappa shape index (κ2) is 8.88. The summed E-state index contributed by atoms with van der Waals surface area (Å²) in [4.78, 5) is 12.9. The molecule has 0 saturated carbocycles. The summed E-state index contributed by atoms with van der Waals surface area (Å²) in [5, 5.41) is 2.68. The van der Waals surface area contributed by atoms with E-state index in [9.17, 15) is 9.18 Å². The van der Waals surface area contributed by atoms with Crippen molar-refractivity contribution in [2.75, 3.05) is 39.2 Å². The minimum absolute atomic E-state index is 0.164. The molecule has 0 aliphatic rings. The summed E-state index contributed by atoms with van der Waals surface area (Å²) in [6.07, 6.45) is 0. The molecule has 0 fully saturated rings. The van der Waals surface area contributed by atoms with Crippen molar-refractivity contribution >= 4 is 11.6 Å². The second-order valence-corrected chi connectivity index (χ2v) is 5.47. The molecule has 2 aromatic rings. The molecule has 2 aromatic carbocycles. The van der Waals surface area contributed by atoms with E-state index in [0.29, 0.717) is 18.8 Å². The van der Waals surface area contributed by atoms with Gasteiger partial charge in [-0.3, -0.25) is 4.79 Å². The van der Waals surface area contributed by atoms with Gasteiger partial charge in [-0.1, -0.05) is 6.07 Å². The first-order valence-electron chi connectivity index (χ1n) is 7.70. The predicted octanol–water partition coefficient (Wildman–Crippen LogP) is 1.37. The third-order valence-corrected chi connectivity index (χ3v) is 3.43. The number of methoxy groups -OCH3 is 1. The second-order valence-electron chi connectivity index (χ2n) is 5.47. The van der Waals surface area contributed by atoms with Crippen molar-refractivity contribution in [1.29, 1.82) is 0 Å². The van der Waals surface area contributed by atoms with Crippen molar-refractivity contribution < 1.29 is 23.6 Å². The van der Waals surface area contributed by atoms with E-state index < -0.39 is 0 Å². The number of likely N-dealkylation sites (N-methyl/N-ethyl adjacent to an activating group) is 1. The van der Waals surface area contributed by atoms with Gasteiger partial charge in [0.1, 0.15) is 30.5 Å². The number of rotatable bonds is 8. The van der Waals surface area contributed by atoms with Crippen molar-refractivity contribution in [3.05, 3.63) is 54.3 Å². The van der Waals surface area contributed by atoms with Gasteiger partial charge in [-0.15, -0.1) is 0 Å². The Morgan fingerprint density at radius 3 is 2.54 bits per heavy atom. The zero-order valence-electron chi connectivity index (χ0n) is 13.8. The fourth-order valence-electron chi connectivity index (χ4n) is 2.15. The van der Waals surface area contributed by atoms with Crippen LogP contribution in [-0.4, -0.2) is 39.8 Å². The molecule has 128 valence electrons. The Balaban J connectivity index is 1.70. The van der Waals surface area contributed by atoms with Crippen LogP contribution in [0.4, 0.5) is 10.1 Å². The monoisotopic (exact) mass is 333 g/mol. The third-order valence-electron chi connectivity index (χ3n) is 3.43. The number of nitrogens with one attached hydrogen (secondary N) is 2. The van der Waals surface area contributed by atoms with Gasteiger partial charge in [-0.25, -0.2) is 4.39 Å². The molecule has 0 bridgehead atoms. The summed E-state index contributed by atoms with van der Waals surface area (Å²) in [7, 11) is 3.52. The predicted molar refractivity (Wildman–Crippen MR) is 90.1 cm³/mol. The minimum Gasteiger partial charge on any atom is -0.497 e. The molecule has 0 radical (unpaired) electrons. The Kier molecular flexibility index (Phi) is 6.57. The van der Waals surface area contributed by atoms with Crippen molar-refractivity contribution in [2.45, 2.75) is 0 Å². The van der Waals surface area contributed by atoms with Crippen LogP contribution in [-0.2, 0) is 4.79 Å². The van der Waals surface area contributed by atoms with E-state index in [0.717, 1.165) is 16.4 Å². The molecule has 2 N–H and O–H groups in total. The van der Waals surface area contributed by atoms with E-state index >= 15 is 0 Å². The quantitative estimate of drug-likeness (QED) is 0.767. The molecule has 0 aromatic heterocycles. The molecule has 0 aliphatic heterocycles. The van der Waals surface area contributed by atoms with E-state index in [1.54, 1.807) is 19.2 Å². The van der Waals surface area contributed by atoms with Gasteiger partial charge in [-0.2, -0.15) is 0 Å². The number of hydrogen-bond acceptors (Lipinski definition) is 3. The van der Waals surface area contributed by atoms with Gasteiger partial charge in [0.25, 0.3) is 5.91 Å². The molecule has 0 spiro atoms. The molecule has 0 heterocycles. The van der Waals surface area contributed by atoms with Crippen molar-refractivity contribution in [3.63, 3.8) is 0 Å². The maximum atomic E-state index is 13.1. The van der Waals surface area contributed by atoms with Crippen LogP contribution >= 0.6 is 0 Å². The Bertz CT molecular complexity index is 662. The largest absolute Gasteiger partial charge is 0.497 e. The van der Waals surface area contributed by atoms with Crippen molar-refractivity contribution in [1.82, 2.24) is 0 Å². The first-order chi connectivity index (χ1) is 11.6. The Morgan fingerprint density at radius 1 is 1.17 bits per heavy atom. The summed E-state index contributed by atoms with van der Waals surface area (Å²) in [5.41, 5.74) is 0.460. The number of benzene rings is 2. The number of quaternary nitrogens is 1. The molecule has 1 amide bonds. The lowest BCUT2D eigenvalue weighted by Crippen LogP contribution is -3.10. The van der Waals surface area contributed by atoms with E-state index in [1.165, 1.54) is 12.1 Å². The van der Waals surface area contributed by atoms with Gasteiger partial charge in [0.05, 0.1) is 14.2 Å². The van der Waals surface area contributed by atoms with Crippen molar-refractivity contribution in [3.8, 4) is 11.5 Å². The van der Waals surface area contributed by atoms with Gasteiger partial charge in [0.2, 0.25) is 0 Å². The minimum atomic E-state index is -0.374. The molecule has 1 atom stereocenters. The lowest BCUT2D eigenvalue weighted by Gasteiger charge is -2.14. The summed E-state index contributed by atoms with van der Waals surface area (Å²) >= 11 is 0. The third kappa shape index (κ3) is 5.89. The lowest BCUT2D eigenvalue weighted by atomic mass is 10.3. The summed E-state index contributed by atoms with van der Waals surface area (Å²) in [6, 6.07) is 13.2. The number of ether oxygens (including phenoxy) is 2. The number of halogens is 1. The Morgan fingerprint density at radius 2 is 1.88 bits per heavy atom. The molecule has 0 saturated heterocycles. The van der Waals surface area contributed by atoms with Crippen LogP contribution in [0.3, 0.4) is 0 Å². The van der Waals surface area contributed by atoms with Crippen LogP contribution in [0.25, 0.3) is 0 Å². The summed E-state index contributed by atoms with van der Waals surface area (Å²) in [6.45, 7) is 1.44. The van der Waals surface area contributed by atoms with Gasteiger partial charge < -0.3 is 19.7 Å². The first kappa shape index (κ1) is 17.7. The van der Waals surface area contributed by atoms with Crippen LogP contribution in [0.1, 0.15) is 0 Å². The molecule has 1 unspecified atom stereocenters. The fourth-order valence-corrected chi connectivity index (χ4v) is 2.15. The van der Waals surface area contributed by atoms with Gasteiger partial charge in [-0.05, 0) is 42.5 Å². The van der Waals surface area contributed by atoms with Crippen LogP contribution in [0, 0.1) is 5.82 Å². The Labute approximate surface area is 141 Å². The lowest BCUT2D eigenvalue weighted by molar-refractivity contribution is -0.871. The molecule has 2 rings (SSSR count). The zero-order valence-corrected chi connectivity index (χ0v) is 13.8. The average molecular weight is 333 g/mol. The topological polar surface area (TPSA) is 52.0 Å². The van der Waals surface area contributed by atoms with Gasteiger partial charge in [0, 0.05) is 5.69 Å². The van der Waals surface area contributed by atoms with Crippen LogP contribution in [0.5, 0.6) is 11.5 Å². The maximum Gasteiger partial charge on any atom is 0.279 e. The molecule has 0 aliphatic carbocycles. The number of carbonyl (C=O) groups excluding carboxylic acids is 1. The van der Waals surface area contributed by atoms with E-state index in [1.807, 2.05) is 31.3 Å². The SMILES string of the molecule is COc1ccc(OCC[NH+](C)CC(=O)Nc2cccc(F)c2)cc1. The van der Waals surface area contributed by atoms with Crippen LogP contribution in [0.15, 0.2) is 48.5 Å². The first-order valence-corrected chi connectivity index (χ1v) is 7.70. The zero-order chi connectivity index (χ0) is 17.4. The molecular formula is C18H22FN2O3+. The Hall–Kier alpha value is -2.60. The standard InChI is InChI=1S/C18H21FN2O3/c1-21(10-11-24-17-8-6-16(23-2)7-9-17)13-18(22)20-15-5-3-4-14(19)12-15/h3-9,12H,10-11,13H2,1-2H3,(H,20,22)/p+1. The fraction of sp³-hybridized carbons (Fsp3) is 0.278. The summed E-state index contributed by atoms with van der Waals surface area (Å²) < 4.78 is 23.8. The smallest absolute Gasteiger partial charge is 0.279 e. The highest BCUT2D eigenvalue weighted by Crippen LogP contribution is 2.16. The average Bonchev–Trinajstić information content (AvgIpc) is 2.55. The van der Waals surface area contributed by atoms with E-state index in [4.69, 9.17) is 9.47 Å².